The number of rotatable bonds is 7. The highest BCUT2D eigenvalue weighted by atomic mass is 16.5. The van der Waals surface area contributed by atoms with Crippen molar-refractivity contribution in [3.05, 3.63) is 53.1 Å². The Morgan fingerprint density at radius 3 is 2.46 bits per heavy atom. The number of anilines is 1. The quantitative estimate of drug-likeness (QED) is 0.746. The van der Waals surface area contributed by atoms with Crippen LogP contribution >= 0.6 is 0 Å². The van der Waals surface area contributed by atoms with Crippen LogP contribution in [0.15, 0.2) is 36.4 Å². The number of carbonyl (C=O) groups excluding carboxylic acids is 2. The Labute approximate surface area is 165 Å². The smallest absolute Gasteiger partial charge is 0.252 e. The Morgan fingerprint density at radius 2 is 1.79 bits per heavy atom. The number of nitrogens with zero attached hydrogens (tertiary/aromatic N) is 1. The summed E-state index contributed by atoms with van der Waals surface area (Å²) in [6.07, 6.45) is 0.742. The van der Waals surface area contributed by atoms with Gasteiger partial charge in [-0.25, -0.2) is 0 Å². The number of ether oxygens (including phenoxy) is 2. The predicted molar refractivity (Wildman–Crippen MR) is 108 cm³/mol. The van der Waals surface area contributed by atoms with E-state index in [9.17, 15) is 9.59 Å². The second-order valence-corrected chi connectivity index (χ2v) is 7.04. The molecule has 3 rings (SSSR count). The number of methoxy groups -OCH3 is 2. The van der Waals surface area contributed by atoms with Crippen LogP contribution in [0.1, 0.15) is 23.1 Å². The molecule has 1 atom stereocenters. The van der Waals surface area contributed by atoms with Crippen molar-refractivity contribution in [3.8, 4) is 11.5 Å². The van der Waals surface area contributed by atoms with E-state index < -0.39 is 6.04 Å². The first-order valence-electron chi connectivity index (χ1n) is 9.32. The lowest BCUT2D eigenvalue weighted by Crippen LogP contribution is -2.36. The first-order chi connectivity index (χ1) is 13.4. The molecule has 2 aromatic rings. The van der Waals surface area contributed by atoms with Gasteiger partial charge in [0.2, 0.25) is 5.91 Å². The highest BCUT2D eigenvalue weighted by Crippen LogP contribution is 2.28. The number of hydrogen-bond donors (Lipinski definition) is 1. The molecule has 148 valence electrons. The minimum atomic E-state index is -0.515. The summed E-state index contributed by atoms with van der Waals surface area (Å²) in [5, 5.41) is 3.23. The van der Waals surface area contributed by atoms with Crippen LogP contribution in [0.5, 0.6) is 11.5 Å². The van der Waals surface area contributed by atoms with E-state index in [1.54, 1.807) is 14.2 Å². The van der Waals surface area contributed by atoms with Crippen molar-refractivity contribution >= 4 is 17.5 Å². The van der Waals surface area contributed by atoms with Crippen LogP contribution in [0.2, 0.25) is 0 Å². The third-order valence-electron chi connectivity index (χ3n) is 5.03. The molecule has 0 radical (unpaired) electrons. The zero-order valence-corrected chi connectivity index (χ0v) is 16.7. The number of hydrogen-bond acceptors (Lipinski definition) is 5. The Bertz CT molecular complexity index is 894. The maximum atomic E-state index is 12.7. The van der Waals surface area contributed by atoms with Crippen molar-refractivity contribution in [1.82, 2.24) is 4.90 Å². The van der Waals surface area contributed by atoms with E-state index in [1.165, 1.54) is 4.90 Å². The number of carbonyl (C=O) groups is 2. The standard InChI is InChI=1S/C22H26N2O4/c1-14-5-7-17(15(2)11-14)23-18-13-21(25)24(22(18)26)10-9-16-6-8-19(27-3)20(12-16)28-4/h5-8,11-12,18,23H,9-10,13H2,1-4H3/t18-/m1/s1. The van der Waals surface area contributed by atoms with Gasteiger partial charge >= 0.3 is 0 Å². The van der Waals surface area contributed by atoms with Gasteiger partial charge in [0.1, 0.15) is 6.04 Å². The van der Waals surface area contributed by atoms with Gasteiger partial charge in [-0.05, 0) is 49.6 Å². The summed E-state index contributed by atoms with van der Waals surface area (Å²) < 4.78 is 10.6. The number of imide groups is 1. The number of likely N-dealkylation sites (tertiary alicyclic amines) is 1. The normalized spacial score (nSPS) is 16.4. The Balaban J connectivity index is 1.65. The third kappa shape index (κ3) is 4.11. The van der Waals surface area contributed by atoms with Crippen molar-refractivity contribution in [2.24, 2.45) is 0 Å². The number of aryl methyl sites for hydroxylation is 2. The maximum Gasteiger partial charge on any atom is 0.252 e. The van der Waals surface area contributed by atoms with Crippen LogP contribution in [0.4, 0.5) is 5.69 Å². The van der Waals surface area contributed by atoms with E-state index in [1.807, 2.05) is 44.2 Å². The number of nitrogens with one attached hydrogen (secondary N) is 1. The third-order valence-corrected chi connectivity index (χ3v) is 5.03. The lowest BCUT2D eigenvalue weighted by atomic mass is 10.1. The van der Waals surface area contributed by atoms with Crippen molar-refractivity contribution in [2.75, 3.05) is 26.1 Å². The molecule has 0 aliphatic carbocycles. The molecule has 28 heavy (non-hydrogen) atoms. The van der Waals surface area contributed by atoms with Gasteiger partial charge in [-0.3, -0.25) is 14.5 Å². The summed E-state index contributed by atoms with van der Waals surface area (Å²) in [5.41, 5.74) is 4.08. The number of amides is 2. The molecule has 1 aliphatic rings. The minimum Gasteiger partial charge on any atom is -0.493 e. The fraction of sp³-hybridized carbons (Fsp3) is 0.364. The van der Waals surface area contributed by atoms with E-state index in [4.69, 9.17) is 9.47 Å². The Kier molecular flexibility index (Phi) is 5.87. The second kappa shape index (κ2) is 8.33. The maximum absolute atomic E-state index is 12.7. The largest absolute Gasteiger partial charge is 0.493 e. The number of benzene rings is 2. The van der Waals surface area contributed by atoms with Gasteiger partial charge in [0.25, 0.3) is 5.91 Å². The van der Waals surface area contributed by atoms with Crippen molar-refractivity contribution in [3.63, 3.8) is 0 Å². The van der Waals surface area contributed by atoms with Crippen molar-refractivity contribution < 1.29 is 19.1 Å². The van der Waals surface area contributed by atoms with Gasteiger partial charge < -0.3 is 14.8 Å². The van der Waals surface area contributed by atoms with Gasteiger partial charge in [-0.2, -0.15) is 0 Å². The molecular formula is C22H26N2O4. The fourth-order valence-corrected chi connectivity index (χ4v) is 3.47. The fourth-order valence-electron chi connectivity index (χ4n) is 3.47. The monoisotopic (exact) mass is 382 g/mol. The highest BCUT2D eigenvalue weighted by Gasteiger charge is 2.38. The summed E-state index contributed by atoms with van der Waals surface area (Å²) in [5.74, 6) is 0.962. The first kappa shape index (κ1) is 19.7. The summed E-state index contributed by atoms with van der Waals surface area (Å²) >= 11 is 0. The van der Waals surface area contributed by atoms with Crippen LogP contribution in [0, 0.1) is 13.8 Å². The molecule has 0 spiro atoms. The van der Waals surface area contributed by atoms with E-state index in [2.05, 4.69) is 11.4 Å². The molecule has 0 unspecified atom stereocenters. The van der Waals surface area contributed by atoms with Gasteiger partial charge in [-0.1, -0.05) is 23.8 Å². The Hall–Kier alpha value is -3.02. The lowest BCUT2D eigenvalue weighted by molar-refractivity contribution is -0.138. The zero-order chi connectivity index (χ0) is 20.3. The molecule has 2 aromatic carbocycles. The van der Waals surface area contributed by atoms with Crippen LogP contribution < -0.4 is 14.8 Å². The van der Waals surface area contributed by atoms with E-state index >= 15 is 0 Å². The Morgan fingerprint density at radius 1 is 1.04 bits per heavy atom. The van der Waals surface area contributed by atoms with Crippen LogP contribution in [0.25, 0.3) is 0 Å². The summed E-state index contributed by atoms with van der Waals surface area (Å²) in [7, 11) is 3.17. The molecule has 0 aromatic heterocycles. The second-order valence-electron chi connectivity index (χ2n) is 7.04. The van der Waals surface area contributed by atoms with Gasteiger partial charge in [0.05, 0.1) is 20.6 Å². The predicted octanol–water partition coefficient (Wildman–Crippen LogP) is 3.10. The van der Waals surface area contributed by atoms with E-state index in [0.29, 0.717) is 24.5 Å². The van der Waals surface area contributed by atoms with E-state index in [0.717, 1.165) is 22.4 Å². The summed E-state index contributed by atoms with van der Waals surface area (Å²) in [6.45, 7) is 4.36. The molecule has 1 fully saturated rings. The van der Waals surface area contributed by atoms with Gasteiger partial charge in [-0.15, -0.1) is 0 Å². The van der Waals surface area contributed by atoms with Gasteiger partial charge in [0.15, 0.2) is 11.5 Å². The zero-order valence-electron chi connectivity index (χ0n) is 16.7. The van der Waals surface area contributed by atoms with Crippen LogP contribution in [-0.4, -0.2) is 43.5 Å². The lowest BCUT2D eigenvalue weighted by Gasteiger charge is -2.17. The van der Waals surface area contributed by atoms with Crippen LogP contribution in [-0.2, 0) is 16.0 Å². The SMILES string of the molecule is COc1ccc(CCN2C(=O)C[C@@H](Nc3ccc(C)cc3C)C2=O)cc1OC. The molecule has 6 heteroatoms. The van der Waals surface area contributed by atoms with Gasteiger partial charge in [0, 0.05) is 12.2 Å². The average molecular weight is 382 g/mol. The van der Waals surface area contributed by atoms with E-state index in [-0.39, 0.29) is 18.2 Å². The molecule has 0 bridgehead atoms. The molecule has 0 saturated carbocycles. The molecule has 1 N–H and O–H groups in total. The molecule has 1 saturated heterocycles. The molecule has 2 amide bonds. The summed E-state index contributed by atoms with van der Waals surface area (Å²) in [6, 6.07) is 11.1. The van der Waals surface area contributed by atoms with Crippen molar-refractivity contribution in [1.29, 1.82) is 0 Å². The van der Waals surface area contributed by atoms with Crippen molar-refractivity contribution in [2.45, 2.75) is 32.7 Å². The first-order valence-corrected chi connectivity index (χ1v) is 9.32. The topological polar surface area (TPSA) is 67.9 Å². The molecule has 6 nitrogen and oxygen atoms in total. The van der Waals surface area contributed by atoms with Crippen LogP contribution in [0.3, 0.4) is 0 Å². The average Bonchev–Trinajstić information content (AvgIpc) is 2.95. The molecular weight excluding hydrogens is 356 g/mol. The molecule has 1 heterocycles. The minimum absolute atomic E-state index is 0.146. The molecule has 1 aliphatic heterocycles. The highest BCUT2D eigenvalue weighted by molar-refractivity contribution is 6.06. The summed E-state index contributed by atoms with van der Waals surface area (Å²) in [4.78, 5) is 26.5.